The van der Waals surface area contributed by atoms with Gasteiger partial charge in [0.2, 0.25) is 0 Å². The van der Waals surface area contributed by atoms with Crippen LogP contribution in [0.1, 0.15) is 47.5 Å². The van der Waals surface area contributed by atoms with E-state index in [0.717, 1.165) is 25.7 Å². The van der Waals surface area contributed by atoms with Crippen molar-refractivity contribution >= 4 is 5.97 Å². The molecule has 4 heteroatoms. The maximum atomic E-state index is 11.8. The van der Waals surface area contributed by atoms with E-state index < -0.39 is 5.60 Å². The maximum Gasteiger partial charge on any atom is 0.323 e. The molecule has 0 amide bonds. The smallest absolute Gasteiger partial charge is 0.323 e. The summed E-state index contributed by atoms with van der Waals surface area (Å²) in [5, 5.41) is 3.24. The van der Waals surface area contributed by atoms with Crippen molar-refractivity contribution in [3.63, 3.8) is 0 Å². The van der Waals surface area contributed by atoms with E-state index >= 15 is 0 Å². The molecule has 1 unspecified atom stereocenters. The van der Waals surface area contributed by atoms with Gasteiger partial charge in [0.1, 0.15) is 11.6 Å². The van der Waals surface area contributed by atoms with Crippen LogP contribution in [0.15, 0.2) is 0 Å². The summed E-state index contributed by atoms with van der Waals surface area (Å²) in [6.45, 7) is 12.7. The molecule has 1 aliphatic rings. The molecule has 0 aromatic rings. The molecule has 0 aliphatic heterocycles. The molecule has 0 heterocycles. The molecule has 1 rings (SSSR count). The zero-order chi connectivity index (χ0) is 13.8. The second-order valence-electron chi connectivity index (χ2n) is 6.07. The highest BCUT2D eigenvalue weighted by Crippen LogP contribution is 2.25. The molecule has 0 radical (unpaired) electrons. The Labute approximate surface area is 111 Å². The molecule has 0 bridgehead atoms. The number of nitrogens with zero attached hydrogens (tertiary/aromatic N) is 1. The minimum atomic E-state index is -0.406. The lowest BCUT2D eigenvalue weighted by atomic mass is 10.2. The van der Waals surface area contributed by atoms with Crippen molar-refractivity contribution in [2.45, 2.75) is 65.1 Å². The van der Waals surface area contributed by atoms with Gasteiger partial charge in [-0.2, -0.15) is 0 Å². The van der Waals surface area contributed by atoms with Gasteiger partial charge in [0, 0.05) is 19.1 Å². The second kappa shape index (κ2) is 6.53. The van der Waals surface area contributed by atoms with E-state index in [-0.39, 0.29) is 12.0 Å². The van der Waals surface area contributed by atoms with E-state index in [9.17, 15) is 4.79 Å². The fraction of sp³-hybridized carbons (Fsp3) is 0.929. The largest absolute Gasteiger partial charge is 0.459 e. The third-order valence-corrected chi connectivity index (χ3v) is 3.08. The van der Waals surface area contributed by atoms with Crippen LogP contribution in [0, 0.1) is 0 Å². The van der Waals surface area contributed by atoms with Gasteiger partial charge in [-0.3, -0.25) is 9.69 Å². The summed E-state index contributed by atoms with van der Waals surface area (Å²) in [5.74, 6) is -0.169. The van der Waals surface area contributed by atoms with Crippen molar-refractivity contribution in [2.75, 3.05) is 19.6 Å². The van der Waals surface area contributed by atoms with Gasteiger partial charge in [-0.05, 0) is 47.1 Å². The zero-order valence-electron chi connectivity index (χ0n) is 12.5. The SMILES string of the molecule is CCN(CCNC(C)C(=O)OC(C)(C)C)C1CC1. The summed E-state index contributed by atoms with van der Waals surface area (Å²) in [6, 6.07) is 0.552. The van der Waals surface area contributed by atoms with Gasteiger partial charge in [-0.15, -0.1) is 0 Å². The molecule has 1 fully saturated rings. The Balaban J connectivity index is 2.19. The molecule has 106 valence electrons. The predicted molar refractivity (Wildman–Crippen MR) is 73.6 cm³/mol. The Kier molecular flexibility index (Phi) is 5.60. The topological polar surface area (TPSA) is 41.6 Å². The van der Waals surface area contributed by atoms with Crippen molar-refractivity contribution in [1.29, 1.82) is 0 Å². The number of likely N-dealkylation sites (N-methyl/N-ethyl adjacent to an activating group) is 1. The highest BCUT2D eigenvalue weighted by atomic mass is 16.6. The predicted octanol–water partition coefficient (Wildman–Crippen LogP) is 1.79. The number of esters is 1. The quantitative estimate of drug-likeness (QED) is 0.705. The molecule has 1 atom stereocenters. The van der Waals surface area contributed by atoms with Crippen LogP contribution in [0.5, 0.6) is 0 Å². The van der Waals surface area contributed by atoms with Gasteiger partial charge in [0.15, 0.2) is 0 Å². The van der Waals surface area contributed by atoms with Crippen LogP contribution in [0.3, 0.4) is 0 Å². The van der Waals surface area contributed by atoms with Gasteiger partial charge < -0.3 is 10.1 Å². The Morgan fingerprint density at radius 1 is 1.44 bits per heavy atom. The Morgan fingerprint density at radius 3 is 2.50 bits per heavy atom. The summed E-state index contributed by atoms with van der Waals surface area (Å²) in [6.07, 6.45) is 2.66. The van der Waals surface area contributed by atoms with Crippen molar-refractivity contribution in [2.24, 2.45) is 0 Å². The lowest BCUT2D eigenvalue weighted by Crippen LogP contribution is -2.42. The molecule has 0 aromatic carbocycles. The number of hydrogen-bond acceptors (Lipinski definition) is 4. The standard InChI is InChI=1S/C14H28N2O2/c1-6-16(12-7-8-12)10-9-15-11(2)13(17)18-14(3,4)5/h11-12,15H,6-10H2,1-5H3. The van der Waals surface area contributed by atoms with E-state index in [1.165, 1.54) is 12.8 Å². The first kappa shape index (κ1) is 15.4. The first-order valence-electron chi connectivity index (χ1n) is 7.03. The van der Waals surface area contributed by atoms with Gasteiger partial charge in [0.25, 0.3) is 0 Å². The third kappa shape index (κ3) is 5.83. The Hall–Kier alpha value is -0.610. The van der Waals surface area contributed by atoms with E-state index in [1.54, 1.807) is 0 Å². The van der Waals surface area contributed by atoms with E-state index in [1.807, 2.05) is 27.7 Å². The number of rotatable bonds is 7. The van der Waals surface area contributed by atoms with Gasteiger partial charge in [-0.1, -0.05) is 6.92 Å². The van der Waals surface area contributed by atoms with Crippen LogP contribution in [-0.4, -0.2) is 48.2 Å². The number of carbonyl (C=O) groups excluding carboxylic acids is 1. The van der Waals surface area contributed by atoms with E-state index in [0.29, 0.717) is 0 Å². The third-order valence-electron chi connectivity index (χ3n) is 3.08. The molecule has 18 heavy (non-hydrogen) atoms. The van der Waals surface area contributed by atoms with Crippen LogP contribution in [-0.2, 0) is 9.53 Å². The average molecular weight is 256 g/mol. The second-order valence-corrected chi connectivity index (χ2v) is 6.07. The zero-order valence-corrected chi connectivity index (χ0v) is 12.5. The fourth-order valence-electron chi connectivity index (χ4n) is 1.94. The lowest BCUT2D eigenvalue weighted by molar-refractivity contribution is -0.156. The molecular weight excluding hydrogens is 228 g/mol. The molecule has 1 saturated carbocycles. The minimum absolute atomic E-state index is 0.169. The first-order chi connectivity index (χ1) is 8.33. The summed E-state index contributed by atoms with van der Waals surface area (Å²) < 4.78 is 5.33. The lowest BCUT2D eigenvalue weighted by Gasteiger charge is -2.24. The van der Waals surface area contributed by atoms with Crippen LogP contribution in [0.4, 0.5) is 0 Å². The molecular formula is C14H28N2O2. The molecule has 0 saturated heterocycles. The fourth-order valence-corrected chi connectivity index (χ4v) is 1.94. The van der Waals surface area contributed by atoms with Crippen LogP contribution in [0.25, 0.3) is 0 Å². The van der Waals surface area contributed by atoms with Crippen molar-refractivity contribution in [1.82, 2.24) is 10.2 Å². The van der Waals surface area contributed by atoms with Gasteiger partial charge in [0.05, 0.1) is 0 Å². The highest BCUT2D eigenvalue weighted by molar-refractivity contribution is 5.75. The van der Waals surface area contributed by atoms with E-state index in [2.05, 4.69) is 17.1 Å². The number of hydrogen-bond donors (Lipinski definition) is 1. The number of carbonyl (C=O) groups is 1. The van der Waals surface area contributed by atoms with Gasteiger partial charge in [-0.25, -0.2) is 0 Å². The Bertz CT molecular complexity index is 269. The van der Waals surface area contributed by atoms with Crippen molar-refractivity contribution in [3.8, 4) is 0 Å². The molecule has 0 spiro atoms. The molecule has 1 N–H and O–H groups in total. The Morgan fingerprint density at radius 2 is 2.06 bits per heavy atom. The van der Waals surface area contributed by atoms with Gasteiger partial charge >= 0.3 is 5.97 Å². The molecule has 1 aliphatic carbocycles. The van der Waals surface area contributed by atoms with Crippen molar-refractivity contribution in [3.05, 3.63) is 0 Å². The van der Waals surface area contributed by atoms with Crippen LogP contribution >= 0.6 is 0 Å². The van der Waals surface area contributed by atoms with Crippen LogP contribution < -0.4 is 5.32 Å². The van der Waals surface area contributed by atoms with Crippen molar-refractivity contribution < 1.29 is 9.53 Å². The summed E-state index contributed by atoms with van der Waals surface area (Å²) >= 11 is 0. The first-order valence-corrected chi connectivity index (χ1v) is 7.03. The average Bonchev–Trinajstić information content (AvgIpc) is 3.05. The summed E-state index contributed by atoms with van der Waals surface area (Å²) in [4.78, 5) is 14.2. The van der Waals surface area contributed by atoms with E-state index in [4.69, 9.17) is 4.74 Å². The summed E-state index contributed by atoms with van der Waals surface area (Å²) in [7, 11) is 0. The maximum absolute atomic E-state index is 11.8. The number of ether oxygens (including phenoxy) is 1. The highest BCUT2D eigenvalue weighted by Gasteiger charge is 2.27. The normalized spacial score (nSPS) is 17.9. The number of nitrogens with one attached hydrogen (secondary N) is 1. The van der Waals surface area contributed by atoms with Crippen LogP contribution in [0.2, 0.25) is 0 Å². The summed E-state index contributed by atoms with van der Waals surface area (Å²) in [5.41, 5.74) is -0.406. The molecule has 4 nitrogen and oxygen atoms in total. The molecule has 0 aromatic heterocycles. The minimum Gasteiger partial charge on any atom is -0.459 e. The monoisotopic (exact) mass is 256 g/mol.